The molecule has 0 spiro atoms. The summed E-state index contributed by atoms with van der Waals surface area (Å²) in [6.07, 6.45) is 0. The zero-order chi connectivity index (χ0) is 11.6. The van der Waals surface area contributed by atoms with Gasteiger partial charge in [0, 0.05) is 5.02 Å². The first-order valence-corrected chi connectivity index (χ1v) is 5.28. The van der Waals surface area contributed by atoms with Crippen molar-refractivity contribution in [1.82, 2.24) is 0 Å². The molecule has 0 atom stereocenters. The average Bonchev–Trinajstić information content (AvgIpc) is 2.13. The predicted molar refractivity (Wildman–Crippen MR) is 61.4 cm³/mol. The number of benzene rings is 1. The lowest BCUT2D eigenvalue weighted by Crippen LogP contribution is -2.14. The van der Waals surface area contributed by atoms with Crippen LogP contribution in [0.25, 0.3) is 0 Å². The van der Waals surface area contributed by atoms with E-state index < -0.39 is 0 Å². The van der Waals surface area contributed by atoms with Crippen molar-refractivity contribution >= 4 is 17.6 Å². The Hall–Kier alpha value is -1.02. The summed E-state index contributed by atoms with van der Waals surface area (Å²) in [5, 5.41) is 0.722. The maximum absolute atomic E-state index is 11.4. The molecule has 0 aliphatic rings. The van der Waals surface area contributed by atoms with Crippen LogP contribution in [0.3, 0.4) is 0 Å². The van der Waals surface area contributed by atoms with Crippen molar-refractivity contribution in [2.24, 2.45) is 5.92 Å². The first-order chi connectivity index (χ1) is 6.91. The van der Waals surface area contributed by atoms with Crippen LogP contribution in [-0.4, -0.2) is 5.97 Å². The highest BCUT2D eigenvalue weighted by molar-refractivity contribution is 6.32. The minimum Gasteiger partial charge on any atom is -0.426 e. The van der Waals surface area contributed by atoms with Crippen molar-refractivity contribution in [2.45, 2.75) is 27.7 Å². The Morgan fingerprint density at radius 1 is 1.27 bits per heavy atom. The van der Waals surface area contributed by atoms with Gasteiger partial charge in [-0.05, 0) is 37.1 Å². The van der Waals surface area contributed by atoms with E-state index in [4.69, 9.17) is 16.3 Å². The summed E-state index contributed by atoms with van der Waals surface area (Å²) in [4.78, 5) is 11.4. The lowest BCUT2D eigenvalue weighted by Gasteiger charge is -2.09. The lowest BCUT2D eigenvalue weighted by atomic mass is 10.1. The second kappa shape index (κ2) is 4.67. The molecule has 0 bridgehead atoms. The molecule has 0 fully saturated rings. The van der Waals surface area contributed by atoms with Crippen molar-refractivity contribution < 1.29 is 9.53 Å². The van der Waals surface area contributed by atoms with Gasteiger partial charge in [0.1, 0.15) is 5.75 Å². The van der Waals surface area contributed by atoms with Gasteiger partial charge in [0.05, 0.1) is 5.92 Å². The molecule has 0 saturated heterocycles. The maximum atomic E-state index is 11.4. The summed E-state index contributed by atoms with van der Waals surface area (Å²) in [6, 6.07) is 3.55. The second-order valence-corrected chi connectivity index (χ2v) is 4.32. The van der Waals surface area contributed by atoms with E-state index in [1.807, 2.05) is 13.8 Å². The van der Waals surface area contributed by atoms with Crippen molar-refractivity contribution in [3.05, 3.63) is 28.3 Å². The molecule has 0 N–H and O–H groups in total. The lowest BCUT2D eigenvalue weighted by molar-refractivity contribution is -0.137. The van der Waals surface area contributed by atoms with Gasteiger partial charge in [-0.25, -0.2) is 0 Å². The van der Waals surface area contributed by atoms with Gasteiger partial charge in [0.25, 0.3) is 0 Å². The van der Waals surface area contributed by atoms with Gasteiger partial charge in [0.15, 0.2) is 0 Å². The summed E-state index contributed by atoms with van der Waals surface area (Å²) in [5.74, 6) is 0.213. The minimum atomic E-state index is -0.226. The molecule has 0 heterocycles. The summed E-state index contributed by atoms with van der Waals surface area (Å²) >= 11 is 6.01. The Labute approximate surface area is 95.2 Å². The SMILES string of the molecule is Cc1cc(OC(=O)C(C)C)cc(C)c1Cl. The van der Waals surface area contributed by atoms with Crippen molar-refractivity contribution in [3.63, 3.8) is 0 Å². The van der Waals surface area contributed by atoms with E-state index in [0.717, 1.165) is 16.1 Å². The third-order valence-corrected chi connectivity index (χ3v) is 2.70. The fourth-order valence-corrected chi connectivity index (χ4v) is 1.31. The third kappa shape index (κ3) is 2.96. The van der Waals surface area contributed by atoms with E-state index >= 15 is 0 Å². The maximum Gasteiger partial charge on any atom is 0.313 e. The van der Waals surface area contributed by atoms with Gasteiger partial charge >= 0.3 is 5.97 Å². The first-order valence-electron chi connectivity index (χ1n) is 4.90. The van der Waals surface area contributed by atoms with Crippen LogP contribution in [0, 0.1) is 19.8 Å². The molecular formula is C12H15ClO2. The molecule has 0 amide bonds. The molecule has 1 aromatic carbocycles. The predicted octanol–water partition coefficient (Wildman–Crippen LogP) is 3.52. The number of ether oxygens (including phenoxy) is 1. The number of rotatable bonds is 2. The van der Waals surface area contributed by atoms with Gasteiger partial charge in [-0.1, -0.05) is 25.4 Å². The molecule has 0 radical (unpaired) electrons. The number of hydrogen-bond donors (Lipinski definition) is 0. The van der Waals surface area contributed by atoms with Crippen LogP contribution < -0.4 is 4.74 Å². The summed E-state index contributed by atoms with van der Waals surface area (Å²) in [5.41, 5.74) is 1.84. The topological polar surface area (TPSA) is 26.3 Å². The zero-order valence-corrected chi connectivity index (χ0v) is 10.2. The van der Waals surface area contributed by atoms with E-state index in [0.29, 0.717) is 5.75 Å². The number of halogens is 1. The summed E-state index contributed by atoms with van der Waals surface area (Å²) in [6.45, 7) is 7.39. The number of aryl methyl sites for hydroxylation is 2. The molecular weight excluding hydrogens is 212 g/mol. The van der Waals surface area contributed by atoms with Gasteiger partial charge in [-0.2, -0.15) is 0 Å². The fourth-order valence-electron chi connectivity index (χ4n) is 1.20. The van der Waals surface area contributed by atoms with Crippen molar-refractivity contribution in [2.75, 3.05) is 0 Å². The third-order valence-electron chi connectivity index (χ3n) is 2.10. The molecule has 0 aliphatic carbocycles. The van der Waals surface area contributed by atoms with Gasteiger partial charge in [0.2, 0.25) is 0 Å². The summed E-state index contributed by atoms with van der Waals surface area (Å²) < 4.78 is 5.19. The zero-order valence-electron chi connectivity index (χ0n) is 9.43. The monoisotopic (exact) mass is 226 g/mol. The quantitative estimate of drug-likeness (QED) is 0.570. The van der Waals surface area contributed by atoms with Crippen LogP contribution in [0.2, 0.25) is 5.02 Å². The van der Waals surface area contributed by atoms with E-state index in [9.17, 15) is 4.79 Å². The van der Waals surface area contributed by atoms with E-state index in [1.54, 1.807) is 26.0 Å². The molecule has 15 heavy (non-hydrogen) atoms. The molecule has 0 saturated carbocycles. The first kappa shape index (κ1) is 12.1. The Morgan fingerprint density at radius 3 is 2.13 bits per heavy atom. The molecule has 0 aromatic heterocycles. The van der Waals surface area contributed by atoms with E-state index in [2.05, 4.69) is 0 Å². The summed E-state index contributed by atoms with van der Waals surface area (Å²) in [7, 11) is 0. The standard InChI is InChI=1S/C12H15ClO2/c1-7(2)12(14)15-10-5-8(3)11(13)9(4)6-10/h5-7H,1-4H3. The van der Waals surface area contributed by atoms with Crippen LogP contribution in [0.15, 0.2) is 12.1 Å². The molecule has 2 nitrogen and oxygen atoms in total. The molecule has 3 heteroatoms. The largest absolute Gasteiger partial charge is 0.426 e. The molecule has 0 unspecified atom stereocenters. The molecule has 0 aliphatic heterocycles. The molecule has 82 valence electrons. The Kier molecular flexibility index (Phi) is 3.75. The van der Waals surface area contributed by atoms with E-state index in [-0.39, 0.29) is 11.9 Å². The normalized spacial score (nSPS) is 10.5. The highest BCUT2D eigenvalue weighted by Gasteiger charge is 2.11. The van der Waals surface area contributed by atoms with Gasteiger partial charge in [-0.15, -0.1) is 0 Å². The average molecular weight is 227 g/mol. The number of carbonyl (C=O) groups excluding carboxylic acids is 1. The Bertz CT molecular complexity index is 360. The van der Waals surface area contributed by atoms with Crippen molar-refractivity contribution in [1.29, 1.82) is 0 Å². The van der Waals surface area contributed by atoms with Crippen LogP contribution in [0.5, 0.6) is 5.75 Å². The number of esters is 1. The van der Waals surface area contributed by atoms with Crippen LogP contribution in [0.1, 0.15) is 25.0 Å². The van der Waals surface area contributed by atoms with Gasteiger partial charge < -0.3 is 4.74 Å². The van der Waals surface area contributed by atoms with Crippen molar-refractivity contribution in [3.8, 4) is 5.75 Å². The fraction of sp³-hybridized carbons (Fsp3) is 0.417. The van der Waals surface area contributed by atoms with E-state index in [1.165, 1.54) is 0 Å². The Balaban J connectivity index is 2.93. The minimum absolute atomic E-state index is 0.124. The highest BCUT2D eigenvalue weighted by atomic mass is 35.5. The van der Waals surface area contributed by atoms with Crippen LogP contribution in [-0.2, 0) is 4.79 Å². The smallest absolute Gasteiger partial charge is 0.313 e. The molecule has 1 rings (SSSR count). The van der Waals surface area contributed by atoms with Crippen LogP contribution >= 0.6 is 11.6 Å². The van der Waals surface area contributed by atoms with Gasteiger partial charge in [-0.3, -0.25) is 4.79 Å². The second-order valence-electron chi connectivity index (χ2n) is 3.95. The number of hydrogen-bond acceptors (Lipinski definition) is 2. The molecule has 1 aromatic rings. The highest BCUT2D eigenvalue weighted by Crippen LogP contribution is 2.26. The number of carbonyl (C=O) groups is 1. The Morgan fingerprint density at radius 2 is 1.73 bits per heavy atom. The van der Waals surface area contributed by atoms with Crippen LogP contribution in [0.4, 0.5) is 0 Å².